The summed E-state index contributed by atoms with van der Waals surface area (Å²) in [6, 6.07) is 5.50. The molecule has 0 unspecified atom stereocenters. The van der Waals surface area contributed by atoms with Crippen molar-refractivity contribution in [3.05, 3.63) is 56.8 Å². The van der Waals surface area contributed by atoms with E-state index in [1.807, 2.05) is 13.8 Å². The van der Waals surface area contributed by atoms with Crippen molar-refractivity contribution in [2.75, 3.05) is 12.0 Å². The monoisotopic (exact) mass is 472 g/mol. The number of thioether (sulfide) groups is 1. The van der Waals surface area contributed by atoms with E-state index < -0.39 is 16.2 Å². The SMILES string of the molecule is CCCCC1(CCCC)C(=O)SC2=C(C(=O)CC(OC)=C2)N(c2ccc([N+](=O)[O-])cc2)C1=O. The zero-order valence-electron chi connectivity index (χ0n) is 19.1. The molecule has 3 rings (SSSR count). The number of unbranched alkanes of at least 4 members (excludes halogenated alkanes) is 2. The first-order valence-corrected chi connectivity index (χ1v) is 11.9. The Labute approximate surface area is 197 Å². The number of ketones is 1. The first kappa shape index (κ1) is 24.7. The number of rotatable bonds is 9. The number of nitrogens with zero attached hydrogens (tertiary/aromatic N) is 2. The Morgan fingerprint density at radius 2 is 1.70 bits per heavy atom. The summed E-state index contributed by atoms with van der Waals surface area (Å²) in [7, 11) is 1.46. The number of non-ortho nitro benzene ring substituents is 1. The van der Waals surface area contributed by atoms with E-state index in [9.17, 15) is 24.5 Å². The van der Waals surface area contributed by atoms with Gasteiger partial charge < -0.3 is 4.74 Å². The van der Waals surface area contributed by atoms with Crippen LogP contribution in [0.1, 0.15) is 58.8 Å². The Balaban J connectivity index is 2.23. The number of methoxy groups -OCH3 is 1. The van der Waals surface area contributed by atoms with E-state index in [0.717, 1.165) is 24.6 Å². The molecule has 0 spiro atoms. The normalized spacial score (nSPS) is 18.1. The van der Waals surface area contributed by atoms with Gasteiger partial charge in [0.1, 0.15) is 16.9 Å². The van der Waals surface area contributed by atoms with Crippen LogP contribution in [0.4, 0.5) is 11.4 Å². The number of allylic oxidation sites excluding steroid dienone is 3. The van der Waals surface area contributed by atoms with E-state index >= 15 is 0 Å². The van der Waals surface area contributed by atoms with Gasteiger partial charge in [0.25, 0.3) is 5.69 Å². The van der Waals surface area contributed by atoms with Crippen molar-refractivity contribution in [3.63, 3.8) is 0 Å². The summed E-state index contributed by atoms with van der Waals surface area (Å²) in [5.41, 5.74) is -0.950. The molecule has 8 nitrogen and oxygen atoms in total. The Bertz CT molecular complexity index is 1020. The quantitative estimate of drug-likeness (QED) is 0.273. The molecule has 1 aliphatic carbocycles. The van der Waals surface area contributed by atoms with Crippen LogP contribution in [0.2, 0.25) is 0 Å². The predicted octanol–water partition coefficient (Wildman–Crippen LogP) is 5.28. The maximum Gasteiger partial charge on any atom is 0.269 e. The fourth-order valence-corrected chi connectivity index (χ4v) is 5.34. The molecule has 1 aromatic rings. The zero-order valence-corrected chi connectivity index (χ0v) is 19.9. The molecule has 1 aromatic carbocycles. The topological polar surface area (TPSA) is 107 Å². The van der Waals surface area contributed by atoms with Gasteiger partial charge in [-0.05, 0) is 42.8 Å². The summed E-state index contributed by atoms with van der Waals surface area (Å²) in [4.78, 5) is 53.3. The molecule has 1 heterocycles. The van der Waals surface area contributed by atoms with Crippen molar-refractivity contribution in [3.8, 4) is 0 Å². The standard InChI is InChI=1S/C24H28N2O6S/c1-4-6-12-24(13-7-5-2)22(28)25(16-8-10-17(11-9-16)26(30)31)21-19(27)14-18(32-3)15-20(21)33-23(24)29/h8-11,15H,4-7,12-14H2,1-3H3. The van der Waals surface area contributed by atoms with Crippen LogP contribution in [-0.2, 0) is 19.1 Å². The van der Waals surface area contributed by atoms with E-state index in [1.54, 1.807) is 6.08 Å². The van der Waals surface area contributed by atoms with Gasteiger partial charge in [0.05, 0.1) is 18.5 Å². The molecule has 1 amide bonds. The Morgan fingerprint density at radius 3 is 2.21 bits per heavy atom. The van der Waals surface area contributed by atoms with Crippen LogP contribution < -0.4 is 4.90 Å². The Morgan fingerprint density at radius 1 is 1.09 bits per heavy atom. The van der Waals surface area contributed by atoms with Crippen LogP contribution in [0.3, 0.4) is 0 Å². The molecule has 2 aliphatic rings. The molecule has 0 bridgehead atoms. The Hall–Kier alpha value is -2.94. The molecule has 0 aromatic heterocycles. The number of Topliss-reactive ketones (excluding diaryl/α,β-unsaturated/α-hetero) is 1. The number of carbonyl (C=O) groups excluding carboxylic acids is 3. The van der Waals surface area contributed by atoms with Crippen molar-refractivity contribution >= 4 is 39.9 Å². The highest BCUT2D eigenvalue weighted by atomic mass is 32.2. The van der Waals surface area contributed by atoms with E-state index in [2.05, 4.69) is 0 Å². The summed E-state index contributed by atoms with van der Waals surface area (Å²) >= 11 is 0.925. The first-order valence-electron chi connectivity index (χ1n) is 11.1. The minimum atomic E-state index is -1.28. The summed E-state index contributed by atoms with van der Waals surface area (Å²) in [5, 5.41) is 10.9. The third-order valence-corrected chi connectivity index (χ3v) is 7.16. The van der Waals surface area contributed by atoms with Gasteiger partial charge in [-0.3, -0.25) is 29.4 Å². The minimum absolute atomic E-state index is 0.0300. The molecule has 0 atom stereocenters. The van der Waals surface area contributed by atoms with Crippen molar-refractivity contribution in [2.24, 2.45) is 5.41 Å². The molecule has 9 heteroatoms. The van der Waals surface area contributed by atoms with Crippen LogP contribution in [0.15, 0.2) is 46.7 Å². The van der Waals surface area contributed by atoms with Gasteiger partial charge >= 0.3 is 0 Å². The lowest BCUT2D eigenvalue weighted by Gasteiger charge is -2.34. The van der Waals surface area contributed by atoms with Crippen LogP contribution in [-0.4, -0.2) is 28.8 Å². The number of nitro groups is 1. The third kappa shape index (κ3) is 4.73. The smallest absolute Gasteiger partial charge is 0.269 e. The molecule has 176 valence electrons. The number of hydrogen-bond donors (Lipinski definition) is 0. The lowest BCUT2D eigenvalue weighted by atomic mass is 9.77. The lowest BCUT2D eigenvalue weighted by Crippen LogP contribution is -2.47. The highest BCUT2D eigenvalue weighted by molar-refractivity contribution is 8.17. The number of amides is 1. The second kappa shape index (κ2) is 10.3. The fraction of sp³-hybridized carbons (Fsp3) is 0.458. The molecular formula is C24H28N2O6S. The highest BCUT2D eigenvalue weighted by Gasteiger charge is 2.52. The second-order valence-corrected chi connectivity index (χ2v) is 9.24. The second-order valence-electron chi connectivity index (χ2n) is 8.22. The molecule has 1 aliphatic heterocycles. The summed E-state index contributed by atoms with van der Waals surface area (Å²) < 4.78 is 5.28. The molecule has 0 saturated heterocycles. The molecular weight excluding hydrogens is 444 g/mol. The molecule has 0 radical (unpaired) electrons. The maximum absolute atomic E-state index is 14.2. The van der Waals surface area contributed by atoms with Gasteiger partial charge in [-0.25, -0.2) is 0 Å². The molecule has 33 heavy (non-hydrogen) atoms. The maximum atomic E-state index is 14.2. The van der Waals surface area contributed by atoms with Crippen molar-refractivity contribution in [1.82, 2.24) is 0 Å². The summed E-state index contributed by atoms with van der Waals surface area (Å²) in [5.74, 6) is -0.355. The fourth-order valence-electron chi connectivity index (χ4n) is 4.16. The first-order chi connectivity index (χ1) is 15.8. The Kier molecular flexibility index (Phi) is 7.73. The number of ether oxygens (including phenoxy) is 1. The van der Waals surface area contributed by atoms with E-state index in [-0.39, 0.29) is 28.7 Å². The van der Waals surface area contributed by atoms with Crippen LogP contribution >= 0.6 is 11.8 Å². The zero-order chi connectivity index (χ0) is 24.2. The molecule has 0 fully saturated rings. The van der Waals surface area contributed by atoms with Gasteiger partial charge in [0.2, 0.25) is 11.0 Å². The number of carbonyl (C=O) groups is 3. The van der Waals surface area contributed by atoms with Crippen molar-refractivity contribution in [2.45, 2.75) is 58.8 Å². The summed E-state index contributed by atoms with van der Waals surface area (Å²) in [6.45, 7) is 4.00. The highest BCUT2D eigenvalue weighted by Crippen LogP contribution is 2.48. The third-order valence-electron chi connectivity index (χ3n) is 6.05. The van der Waals surface area contributed by atoms with Crippen LogP contribution in [0.5, 0.6) is 0 Å². The number of benzene rings is 1. The number of nitro benzene ring substituents is 1. The average molecular weight is 473 g/mol. The van der Waals surface area contributed by atoms with Crippen LogP contribution in [0, 0.1) is 15.5 Å². The van der Waals surface area contributed by atoms with Crippen molar-refractivity contribution in [1.29, 1.82) is 0 Å². The predicted molar refractivity (Wildman–Crippen MR) is 126 cm³/mol. The van der Waals surface area contributed by atoms with E-state index in [0.29, 0.717) is 42.0 Å². The van der Waals surface area contributed by atoms with E-state index in [4.69, 9.17) is 4.74 Å². The molecule has 0 saturated carbocycles. The lowest BCUT2D eigenvalue weighted by molar-refractivity contribution is -0.384. The van der Waals surface area contributed by atoms with Gasteiger partial charge in [-0.15, -0.1) is 0 Å². The summed E-state index contributed by atoms with van der Waals surface area (Å²) in [6.07, 6.45) is 5.38. The number of anilines is 1. The van der Waals surface area contributed by atoms with Gasteiger partial charge in [-0.2, -0.15) is 0 Å². The van der Waals surface area contributed by atoms with E-state index in [1.165, 1.54) is 36.3 Å². The van der Waals surface area contributed by atoms with Crippen LogP contribution in [0.25, 0.3) is 0 Å². The van der Waals surface area contributed by atoms with Gasteiger partial charge in [0.15, 0.2) is 5.78 Å². The molecule has 0 N–H and O–H groups in total. The van der Waals surface area contributed by atoms with Gasteiger partial charge in [0, 0.05) is 22.7 Å². The average Bonchev–Trinajstić information content (AvgIpc) is 2.89. The van der Waals surface area contributed by atoms with Crippen molar-refractivity contribution < 1.29 is 24.0 Å². The van der Waals surface area contributed by atoms with Gasteiger partial charge in [-0.1, -0.05) is 39.5 Å². The minimum Gasteiger partial charge on any atom is -0.501 e. The largest absolute Gasteiger partial charge is 0.501 e. The number of hydrogen-bond acceptors (Lipinski definition) is 7.